The van der Waals surface area contributed by atoms with Crippen LogP contribution in [-0.2, 0) is 16.1 Å². The normalized spacial score (nSPS) is 16.6. The van der Waals surface area contributed by atoms with Crippen LogP contribution in [0.3, 0.4) is 0 Å². The molecule has 2 aromatic rings. The predicted octanol–water partition coefficient (Wildman–Crippen LogP) is 2.73. The van der Waals surface area contributed by atoms with E-state index in [1.807, 2.05) is 25.1 Å². The number of carbonyl (C=O) groups excluding carboxylic acids is 1. The number of nitrogens with one attached hydrogen (secondary N) is 1. The molecule has 138 valence electrons. The van der Waals surface area contributed by atoms with Crippen LogP contribution in [0.1, 0.15) is 46.1 Å². The second kappa shape index (κ2) is 7.70. The number of ether oxygens (including phenoxy) is 1. The minimum Gasteiger partial charge on any atom is -0.481 e. The highest BCUT2D eigenvalue weighted by atomic mass is 16.5. The molecule has 1 fully saturated rings. The molecule has 1 saturated heterocycles. The van der Waals surface area contributed by atoms with Crippen molar-refractivity contribution in [1.82, 2.24) is 9.78 Å². The maximum Gasteiger partial charge on any atom is 0.305 e. The number of carboxylic acid groups (broad SMARTS) is 1. The Bertz CT molecular complexity index is 822. The molecule has 1 aromatic heterocycles. The highest BCUT2D eigenvalue weighted by Crippen LogP contribution is 2.26. The number of nitrogens with zero attached hydrogens (tertiary/aromatic N) is 2. The summed E-state index contributed by atoms with van der Waals surface area (Å²) in [7, 11) is 0. The number of amides is 1. The number of anilines is 1. The van der Waals surface area contributed by atoms with E-state index in [-0.39, 0.29) is 18.9 Å². The highest BCUT2D eigenvalue weighted by molar-refractivity contribution is 6.05. The van der Waals surface area contributed by atoms with Crippen molar-refractivity contribution in [3.63, 3.8) is 0 Å². The van der Waals surface area contributed by atoms with Gasteiger partial charge in [-0.1, -0.05) is 12.1 Å². The molecule has 2 heterocycles. The third-order valence-electron chi connectivity index (χ3n) is 4.71. The molecule has 1 unspecified atom stereocenters. The van der Waals surface area contributed by atoms with E-state index in [4.69, 9.17) is 9.84 Å². The zero-order valence-corrected chi connectivity index (χ0v) is 15.0. The van der Waals surface area contributed by atoms with Crippen LogP contribution in [0.2, 0.25) is 0 Å². The molecule has 1 atom stereocenters. The lowest BCUT2D eigenvalue weighted by atomic mass is 9.96. The number of hydrogen-bond donors (Lipinski definition) is 2. The summed E-state index contributed by atoms with van der Waals surface area (Å²) < 4.78 is 7.04. The molecule has 0 bridgehead atoms. The van der Waals surface area contributed by atoms with E-state index in [9.17, 15) is 9.59 Å². The Balaban J connectivity index is 1.75. The number of hydrogen-bond acceptors (Lipinski definition) is 4. The monoisotopic (exact) mass is 357 g/mol. The van der Waals surface area contributed by atoms with Gasteiger partial charge in [-0.2, -0.15) is 5.10 Å². The van der Waals surface area contributed by atoms with Crippen LogP contribution in [0.5, 0.6) is 0 Å². The first-order valence-corrected chi connectivity index (χ1v) is 8.70. The number of aryl methyl sites for hydroxylation is 2. The zero-order chi connectivity index (χ0) is 18.7. The first-order valence-electron chi connectivity index (χ1n) is 8.70. The van der Waals surface area contributed by atoms with E-state index >= 15 is 0 Å². The number of carbonyl (C=O) groups is 2. The van der Waals surface area contributed by atoms with Gasteiger partial charge in [0.15, 0.2) is 0 Å². The van der Waals surface area contributed by atoms with Crippen molar-refractivity contribution in [2.75, 3.05) is 18.5 Å². The highest BCUT2D eigenvalue weighted by Gasteiger charge is 2.20. The smallest absolute Gasteiger partial charge is 0.305 e. The van der Waals surface area contributed by atoms with E-state index in [2.05, 4.69) is 10.4 Å². The van der Waals surface area contributed by atoms with Gasteiger partial charge in [-0.15, -0.1) is 0 Å². The Labute approximate surface area is 152 Å². The lowest BCUT2D eigenvalue weighted by molar-refractivity contribution is -0.137. The van der Waals surface area contributed by atoms with Crippen molar-refractivity contribution in [1.29, 1.82) is 0 Å². The summed E-state index contributed by atoms with van der Waals surface area (Å²) in [6, 6.07) is 7.61. The summed E-state index contributed by atoms with van der Waals surface area (Å²) in [4.78, 5) is 23.4. The molecule has 1 amide bonds. The van der Waals surface area contributed by atoms with E-state index in [1.165, 1.54) is 0 Å². The van der Waals surface area contributed by atoms with Crippen molar-refractivity contribution in [2.24, 2.45) is 0 Å². The van der Waals surface area contributed by atoms with Gasteiger partial charge < -0.3 is 15.2 Å². The minimum absolute atomic E-state index is 0.0130. The van der Waals surface area contributed by atoms with Gasteiger partial charge in [-0.25, -0.2) is 0 Å². The van der Waals surface area contributed by atoms with Gasteiger partial charge in [-0.3, -0.25) is 14.3 Å². The van der Waals surface area contributed by atoms with Crippen LogP contribution in [0.4, 0.5) is 5.69 Å². The van der Waals surface area contributed by atoms with Crippen molar-refractivity contribution < 1.29 is 19.4 Å². The molecular weight excluding hydrogens is 334 g/mol. The fraction of sp³-hybridized carbons (Fsp3) is 0.421. The second-order valence-corrected chi connectivity index (χ2v) is 6.55. The zero-order valence-electron chi connectivity index (χ0n) is 15.0. The molecule has 0 aliphatic carbocycles. The second-order valence-electron chi connectivity index (χ2n) is 6.55. The largest absolute Gasteiger partial charge is 0.481 e. The van der Waals surface area contributed by atoms with Crippen LogP contribution in [0.25, 0.3) is 0 Å². The summed E-state index contributed by atoms with van der Waals surface area (Å²) in [5, 5.41) is 16.1. The number of aromatic nitrogens is 2. The average molecular weight is 357 g/mol. The van der Waals surface area contributed by atoms with Crippen molar-refractivity contribution in [3.05, 3.63) is 46.8 Å². The van der Waals surface area contributed by atoms with Crippen LogP contribution in [0.15, 0.2) is 24.3 Å². The molecule has 7 heteroatoms. The topological polar surface area (TPSA) is 93.5 Å². The molecular formula is C19H23N3O4. The average Bonchev–Trinajstić information content (AvgIpc) is 3.24. The molecule has 1 aromatic carbocycles. The Morgan fingerprint density at radius 3 is 2.88 bits per heavy atom. The van der Waals surface area contributed by atoms with Crippen molar-refractivity contribution in [3.8, 4) is 0 Å². The third kappa shape index (κ3) is 3.94. The molecule has 3 rings (SSSR count). The SMILES string of the molecule is Cc1nn(CCC(=O)O)c(C)c1NC(=O)c1cccc(C2CCOC2)c1. The summed E-state index contributed by atoms with van der Waals surface area (Å²) >= 11 is 0. The lowest BCUT2D eigenvalue weighted by Gasteiger charge is -2.11. The summed E-state index contributed by atoms with van der Waals surface area (Å²) in [6.45, 7) is 5.35. The van der Waals surface area contributed by atoms with Gasteiger partial charge in [-0.05, 0) is 38.0 Å². The standard InChI is InChI=1S/C19H23N3O4/c1-12-18(13(2)22(21-12)8-6-17(23)24)20-19(25)15-5-3-4-14(10-15)16-7-9-26-11-16/h3-5,10,16H,6-9,11H2,1-2H3,(H,20,25)(H,23,24). The Morgan fingerprint density at radius 2 is 2.19 bits per heavy atom. The van der Waals surface area contributed by atoms with E-state index in [0.717, 1.165) is 24.3 Å². The number of benzene rings is 1. The number of rotatable bonds is 6. The fourth-order valence-corrected chi connectivity index (χ4v) is 3.21. The number of aliphatic carboxylic acids is 1. The fourth-order valence-electron chi connectivity index (χ4n) is 3.21. The summed E-state index contributed by atoms with van der Waals surface area (Å²) in [6.07, 6.45) is 0.959. The van der Waals surface area contributed by atoms with Crippen molar-refractivity contribution in [2.45, 2.75) is 39.2 Å². The van der Waals surface area contributed by atoms with Crippen molar-refractivity contribution >= 4 is 17.6 Å². The van der Waals surface area contributed by atoms with Crippen LogP contribution in [0, 0.1) is 13.8 Å². The molecule has 0 spiro atoms. The van der Waals surface area contributed by atoms with E-state index in [0.29, 0.717) is 29.5 Å². The van der Waals surface area contributed by atoms with Gasteiger partial charge in [0.1, 0.15) is 0 Å². The maximum absolute atomic E-state index is 12.7. The third-order valence-corrected chi connectivity index (χ3v) is 4.71. The maximum atomic E-state index is 12.7. The Kier molecular flexibility index (Phi) is 5.37. The van der Waals surface area contributed by atoms with Gasteiger partial charge >= 0.3 is 5.97 Å². The van der Waals surface area contributed by atoms with Crippen LogP contribution in [-0.4, -0.2) is 40.0 Å². The summed E-state index contributed by atoms with van der Waals surface area (Å²) in [5.74, 6) is -0.740. The Morgan fingerprint density at radius 1 is 1.38 bits per heavy atom. The summed E-state index contributed by atoms with van der Waals surface area (Å²) in [5.41, 5.74) is 3.75. The van der Waals surface area contributed by atoms with Crippen LogP contribution >= 0.6 is 0 Å². The predicted molar refractivity (Wildman–Crippen MR) is 96.5 cm³/mol. The first-order chi connectivity index (χ1) is 12.5. The lowest BCUT2D eigenvalue weighted by Crippen LogP contribution is -2.14. The van der Waals surface area contributed by atoms with Gasteiger partial charge in [0.05, 0.1) is 36.6 Å². The molecule has 7 nitrogen and oxygen atoms in total. The quantitative estimate of drug-likeness (QED) is 0.829. The van der Waals surface area contributed by atoms with E-state index in [1.54, 1.807) is 17.7 Å². The molecule has 0 radical (unpaired) electrons. The van der Waals surface area contributed by atoms with Gasteiger partial charge in [0, 0.05) is 18.1 Å². The van der Waals surface area contributed by atoms with Gasteiger partial charge in [0.2, 0.25) is 0 Å². The molecule has 0 saturated carbocycles. The molecule has 1 aliphatic heterocycles. The number of carboxylic acids is 1. The van der Waals surface area contributed by atoms with Gasteiger partial charge in [0.25, 0.3) is 5.91 Å². The molecule has 2 N–H and O–H groups in total. The minimum atomic E-state index is -0.879. The first kappa shape index (κ1) is 18.1. The molecule has 26 heavy (non-hydrogen) atoms. The van der Waals surface area contributed by atoms with Crippen LogP contribution < -0.4 is 5.32 Å². The molecule has 1 aliphatic rings. The van der Waals surface area contributed by atoms with E-state index < -0.39 is 5.97 Å². The Hall–Kier alpha value is -2.67.